The molecule has 4 rings (SSSR count). The summed E-state index contributed by atoms with van der Waals surface area (Å²) in [4.78, 5) is 27.3. The van der Waals surface area contributed by atoms with Crippen LogP contribution in [0.5, 0.6) is 5.75 Å². The molecule has 0 radical (unpaired) electrons. The Labute approximate surface area is 193 Å². The van der Waals surface area contributed by atoms with Gasteiger partial charge in [-0.2, -0.15) is 0 Å². The number of amides is 1. The number of halogens is 3. The van der Waals surface area contributed by atoms with Crippen LogP contribution < -0.4 is 9.64 Å². The third kappa shape index (κ3) is 3.83. The quantitative estimate of drug-likeness (QED) is 0.298. The van der Waals surface area contributed by atoms with Crippen molar-refractivity contribution in [1.82, 2.24) is 0 Å². The zero-order valence-electron chi connectivity index (χ0n) is 16.7. The summed E-state index contributed by atoms with van der Waals surface area (Å²) < 4.78 is 18.7. The lowest BCUT2D eigenvalue weighted by Gasteiger charge is -2.25. The van der Waals surface area contributed by atoms with Crippen molar-refractivity contribution in [3.63, 3.8) is 0 Å². The minimum Gasteiger partial charge on any atom is -0.507 e. The molecule has 1 heterocycles. The summed E-state index contributed by atoms with van der Waals surface area (Å²) in [5, 5.41) is 11.9. The first-order chi connectivity index (χ1) is 15.3. The SMILES string of the molecule is COc1cc(/C(O)=C2/C(=O)C(=O)N(c3ccc(F)cc3)C2c2ccc(Cl)cc2)ccc1Cl. The highest BCUT2D eigenvalue weighted by molar-refractivity contribution is 6.51. The van der Waals surface area contributed by atoms with Crippen LogP contribution in [-0.4, -0.2) is 23.9 Å². The van der Waals surface area contributed by atoms with Crippen molar-refractivity contribution in [2.45, 2.75) is 6.04 Å². The molecule has 1 aliphatic rings. The smallest absolute Gasteiger partial charge is 0.300 e. The number of hydrogen-bond acceptors (Lipinski definition) is 4. The van der Waals surface area contributed by atoms with Gasteiger partial charge in [-0.1, -0.05) is 35.3 Å². The average molecular weight is 472 g/mol. The molecular formula is C24H16Cl2FNO4. The first kappa shape index (κ1) is 21.9. The minimum atomic E-state index is -0.959. The number of hydrogen-bond donors (Lipinski definition) is 1. The number of ketones is 1. The molecule has 162 valence electrons. The topological polar surface area (TPSA) is 66.8 Å². The summed E-state index contributed by atoms with van der Waals surface area (Å²) in [5.41, 5.74) is 0.981. The van der Waals surface area contributed by atoms with E-state index in [0.29, 0.717) is 27.0 Å². The van der Waals surface area contributed by atoms with Crippen LogP contribution in [0.3, 0.4) is 0 Å². The first-order valence-corrected chi connectivity index (χ1v) is 10.2. The van der Waals surface area contributed by atoms with E-state index in [1.807, 2.05) is 0 Å². The molecule has 3 aromatic rings. The van der Waals surface area contributed by atoms with Gasteiger partial charge in [0.2, 0.25) is 0 Å². The van der Waals surface area contributed by atoms with Gasteiger partial charge in [-0.25, -0.2) is 4.39 Å². The number of nitrogens with zero attached hydrogens (tertiary/aromatic N) is 1. The average Bonchev–Trinajstić information content (AvgIpc) is 3.05. The van der Waals surface area contributed by atoms with E-state index < -0.39 is 23.5 Å². The van der Waals surface area contributed by atoms with Crippen LogP contribution in [0, 0.1) is 5.82 Å². The molecule has 0 bridgehead atoms. The maximum absolute atomic E-state index is 13.5. The van der Waals surface area contributed by atoms with Crippen molar-refractivity contribution in [2.75, 3.05) is 12.0 Å². The fourth-order valence-electron chi connectivity index (χ4n) is 3.62. The zero-order valence-corrected chi connectivity index (χ0v) is 18.2. The summed E-state index contributed by atoms with van der Waals surface area (Å²) in [7, 11) is 1.42. The van der Waals surface area contributed by atoms with E-state index in [9.17, 15) is 19.1 Å². The van der Waals surface area contributed by atoms with Crippen molar-refractivity contribution >= 4 is 46.3 Å². The van der Waals surface area contributed by atoms with Crippen LogP contribution in [0.15, 0.2) is 72.3 Å². The van der Waals surface area contributed by atoms with Crippen LogP contribution in [0.4, 0.5) is 10.1 Å². The van der Waals surface area contributed by atoms with Crippen molar-refractivity contribution in [1.29, 1.82) is 0 Å². The number of aliphatic hydroxyl groups is 1. The van der Waals surface area contributed by atoms with Crippen LogP contribution in [0.1, 0.15) is 17.2 Å². The number of ether oxygens (including phenoxy) is 1. The Morgan fingerprint density at radius 3 is 2.28 bits per heavy atom. The Morgan fingerprint density at radius 1 is 1.00 bits per heavy atom. The highest BCUT2D eigenvalue weighted by atomic mass is 35.5. The van der Waals surface area contributed by atoms with Crippen molar-refractivity contribution in [3.8, 4) is 5.75 Å². The second-order valence-electron chi connectivity index (χ2n) is 7.05. The third-order valence-electron chi connectivity index (χ3n) is 5.16. The Kier molecular flexibility index (Phi) is 5.91. The second-order valence-corrected chi connectivity index (χ2v) is 7.89. The molecule has 1 amide bonds. The normalized spacial score (nSPS) is 17.6. The highest BCUT2D eigenvalue weighted by Gasteiger charge is 2.47. The van der Waals surface area contributed by atoms with Crippen molar-refractivity contribution in [2.24, 2.45) is 0 Å². The molecule has 8 heteroatoms. The van der Waals surface area contributed by atoms with Gasteiger partial charge in [-0.05, 0) is 60.2 Å². The van der Waals surface area contributed by atoms with Crippen LogP contribution >= 0.6 is 23.2 Å². The number of carbonyl (C=O) groups excluding carboxylic acids is 2. The summed E-state index contributed by atoms with van der Waals surface area (Å²) in [6, 6.07) is 15.3. The van der Waals surface area contributed by atoms with E-state index in [2.05, 4.69) is 0 Å². The van der Waals surface area contributed by atoms with Gasteiger partial charge in [0.25, 0.3) is 11.7 Å². The van der Waals surface area contributed by atoms with E-state index in [4.69, 9.17) is 27.9 Å². The number of anilines is 1. The molecule has 3 aromatic carbocycles. The molecule has 1 fully saturated rings. The molecule has 32 heavy (non-hydrogen) atoms. The molecule has 1 atom stereocenters. The maximum Gasteiger partial charge on any atom is 0.300 e. The lowest BCUT2D eigenvalue weighted by molar-refractivity contribution is -0.132. The largest absolute Gasteiger partial charge is 0.507 e. The van der Waals surface area contributed by atoms with E-state index in [1.54, 1.807) is 24.3 Å². The molecule has 1 N–H and O–H groups in total. The third-order valence-corrected chi connectivity index (χ3v) is 5.72. The van der Waals surface area contributed by atoms with Gasteiger partial charge < -0.3 is 9.84 Å². The van der Waals surface area contributed by atoms with Gasteiger partial charge in [0, 0.05) is 16.3 Å². The predicted octanol–water partition coefficient (Wildman–Crippen LogP) is 5.77. The maximum atomic E-state index is 13.5. The Hall–Kier alpha value is -3.35. The zero-order chi connectivity index (χ0) is 23.0. The lowest BCUT2D eigenvalue weighted by Crippen LogP contribution is -2.29. The van der Waals surface area contributed by atoms with Gasteiger partial charge in [0.05, 0.1) is 23.7 Å². The number of carbonyl (C=O) groups is 2. The predicted molar refractivity (Wildman–Crippen MR) is 121 cm³/mol. The summed E-state index contributed by atoms with van der Waals surface area (Å²) in [6.45, 7) is 0. The van der Waals surface area contributed by atoms with E-state index in [1.165, 1.54) is 54.5 Å². The lowest BCUT2D eigenvalue weighted by atomic mass is 9.95. The Morgan fingerprint density at radius 2 is 1.66 bits per heavy atom. The molecule has 0 aliphatic carbocycles. The highest BCUT2D eigenvalue weighted by Crippen LogP contribution is 2.43. The monoisotopic (exact) mass is 471 g/mol. The molecule has 0 spiro atoms. The number of aliphatic hydroxyl groups excluding tert-OH is 1. The second kappa shape index (κ2) is 8.65. The van der Waals surface area contributed by atoms with Gasteiger partial charge in [0.1, 0.15) is 17.3 Å². The number of benzene rings is 3. The molecule has 1 aliphatic heterocycles. The number of methoxy groups -OCH3 is 1. The van der Waals surface area contributed by atoms with E-state index in [-0.39, 0.29) is 16.9 Å². The van der Waals surface area contributed by atoms with Gasteiger partial charge in [-0.15, -0.1) is 0 Å². The number of Topliss-reactive ketones (excluding diaryl/α,β-unsaturated/α-hetero) is 1. The molecule has 1 unspecified atom stereocenters. The Balaban J connectivity index is 1.94. The van der Waals surface area contributed by atoms with E-state index in [0.717, 1.165) is 0 Å². The fraction of sp³-hybridized carbons (Fsp3) is 0.0833. The molecule has 5 nitrogen and oxygen atoms in total. The van der Waals surface area contributed by atoms with E-state index >= 15 is 0 Å². The van der Waals surface area contributed by atoms with Crippen LogP contribution in [0.25, 0.3) is 5.76 Å². The van der Waals surface area contributed by atoms with Gasteiger partial charge >= 0.3 is 0 Å². The van der Waals surface area contributed by atoms with Crippen molar-refractivity contribution < 1.29 is 23.8 Å². The molecule has 0 aromatic heterocycles. The standard InChI is InChI=1S/C24H16Cl2FNO4/c1-32-19-12-14(4-11-18(19)26)22(29)20-21(13-2-5-15(25)6-3-13)28(24(31)23(20)30)17-9-7-16(27)8-10-17/h2-12,21,29H,1H3/b22-20-. The Bertz CT molecular complexity index is 1240. The van der Waals surface area contributed by atoms with Crippen molar-refractivity contribution in [3.05, 3.63) is 99.3 Å². The molecule has 1 saturated heterocycles. The fourth-order valence-corrected chi connectivity index (χ4v) is 3.94. The van der Waals surface area contributed by atoms with Gasteiger partial charge in [0.15, 0.2) is 0 Å². The first-order valence-electron chi connectivity index (χ1n) is 9.47. The molecule has 0 saturated carbocycles. The summed E-state index contributed by atoms with van der Waals surface area (Å²) in [6.07, 6.45) is 0. The number of rotatable bonds is 4. The summed E-state index contributed by atoms with van der Waals surface area (Å²) >= 11 is 12.1. The van der Waals surface area contributed by atoms with Crippen LogP contribution in [-0.2, 0) is 9.59 Å². The summed E-state index contributed by atoms with van der Waals surface area (Å²) in [5.74, 6) is -2.30. The van der Waals surface area contributed by atoms with Crippen LogP contribution in [0.2, 0.25) is 10.0 Å². The molecular weight excluding hydrogens is 456 g/mol. The minimum absolute atomic E-state index is 0.119. The van der Waals surface area contributed by atoms with Gasteiger partial charge in [-0.3, -0.25) is 14.5 Å².